The second-order valence-electron chi connectivity index (χ2n) is 3.10. The highest BCUT2D eigenvalue weighted by molar-refractivity contribution is 7.13. The standard InChI is InChI=1S/C11H11NO4S/c1-2-14-11(13)7-15-10-6-8(16-12-10)9-4-3-5-17-9/h3-6H,2,7H2,1H3. The second kappa shape index (κ2) is 5.49. The molecule has 2 heterocycles. The van der Waals surface area contributed by atoms with Crippen LogP contribution in [0.15, 0.2) is 28.1 Å². The van der Waals surface area contributed by atoms with Crippen molar-refractivity contribution in [2.45, 2.75) is 6.92 Å². The largest absolute Gasteiger partial charge is 0.463 e. The number of carbonyl (C=O) groups excluding carboxylic acids is 1. The van der Waals surface area contributed by atoms with Crippen LogP contribution in [0.2, 0.25) is 0 Å². The van der Waals surface area contributed by atoms with Crippen LogP contribution in [0, 0.1) is 0 Å². The summed E-state index contributed by atoms with van der Waals surface area (Å²) in [6.07, 6.45) is 0. The van der Waals surface area contributed by atoms with Gasteiger partial charge < -0.3 is 14.0 Å². The van der Waals surface area contributed by atoms with E-state index in [4.69, 9.17) is 14.0 Å². The Bertz CT molecular complexity index is 477. The number of carbonyl (C=O) groups is 1. The highest BCUT2D eigenvalue weighted by atomic mass is 32.1. The third-order valence-electron chi connectivity index (χ3n) is 1.90. The van der Waals surface area contributed by atoms with Crippen molar-refractivity contribution in [3.05, 3.63) is 23.6 Å². The van der Waals surface area contributed by atoms with Gasteiger partial charge in [0.2, 0.25) is 0 Å². The van der Waals surface area contributed by atoms with Crippen molar-refractivity contribution in [1.82, 2.24) is 5.16 Å². The molecule has 6 heteroatoms. The molecule has 0 saturated carbocycles. The summed E-state index contributed by atoms with van der Waals surface area (Å²) in [7, 11) is 0. The van der Waals surface area contributed by atoms with E-state index in [1.165, 1.54) is 0 Å². The van der Waals surface area contributed by atoms with Crippen LogP contribution in [0.3, 0.4) is 0 Å². The third kappa shape index (κ3) is 3.07. The van der Waals surface area contributed by atoms with E-state index in [0.29, 0.717) is 12.4 Å². The number of ether oxygens (including phenoxy) is 2. The van der Waals surface area contributed by atoms with Crippen LogP contribution in [0.25, 0.3) is 10.6 Å². The lowest BCUT2D eigenvalue weighted by molar-refractivity contribution is -0.145. The molecule has 90 valence electrons. The van der Waals surface area contributed by atoms with E-state index in [0.717, 1.165) is 4.88 Å². The van der Waals surface area contributed by atoms with Gasteiger partial charge in [0.1, 0.15) is 0 Å². The van der Waals surface area contributed by atoms with E-state index in [1.54, 1.807) is 24.3 Å². The summed E-state index contributed by atoms with van der Waals surface area (Å²) in [6, 6.07) is 5.48. The van der Waals surface area contributed by atoms with Gasteiger partial charge in [0.15, 0.2) is 12.4 Å². The molecule has 0 bridgehead atoms. The van der Waals surface area contributed by atoms with Crippen molar-refractivity contribution in [2.75, 3.05) is 13.2 Å². The monoisotopic (exact) mass is 253 g/mol. The molecule has 0 N–H and O–H groups in total. The SMILES string of the molecule is CCOC(=O)COc1cc(-c2cccs2)on1. The van der Waals surface area contributed by atoms with Gasteiger partial charge in [-0.3, -0.25) is 0 Å². The van der Waals surface area contributed by atoms with Gasteiger partial charge in [-0.1, -0.05) is 6.07 Å². The topological polar surface area (TPSA) is 61.6 Å². The van der Waals surface area contributed by atoms with Crippen molar-refractivity contribution in [1.29, 1.82) is 0 Å². The molecule has 0 radical (unpaired) electrons. The first-order valence-corrected chi connectivity index (χ1v) is 5.96. The molecule has 5 nitrogen and oxygen atoms in total. The fraction of sp³-hybridized carbons (Fsp3) is 0.273. The molecule has 2 rings (SSSR count). The molecular weight excluding hydrogens is 242 g/mol. The zero-order valence-electron chi connectivity index (χ0n) is 9.21. The molecule has 0 spiro atoms. The van der Waals surface area contributed by atoms with Crippen molar-refractivity contribution < 1.29 is 18.8 Å². The molecule has 0 fully saturated rings. The summed E-state index contributed by atoms with van der Waals surface area (Å²) in [5, 5.41) is 5.65. The molecule has 0 amide bonds. The van der Waals surface area contributed by atoms with Gasteiger partial charge in [-0.25, -0.2) is 4.79 Å². The summed E-state index contributed by atoms with van der Waals surface area (Å²) >= 11 is 1.54. The quantitative estimate of drug-likeness (QED) is 0.765. The highest BCUT2D eigenvalue weighted by Crippen LogP contribution is 2.27. The zero-order valence-corrected chi connectivity index (χ0v) is 10.0. The number of aromatic nitrogens is 1. The molecule has 0 aromatic carbocycles. The van der Waals surface area contributed by atoms with Crippen LogP contribution in [-0.2, 0) is 9.53 Å². The Balaban J connectivity index is 1.93. The maximum absolute atomic E-state index is 11.0. The first-order valence-electron chi connectivity index (χ1n) is 5.08. The Morgan fingerprint density at radius 3 is 3.18 bits per heavy atom. The van der Waals surface area contributed by atoms with Crippen LogP contribution in [0.4, 0.5) is 0 Å². The predicted octanol–water partition coefficient (Wildman–Crippen LogP) is 2.34. The Kier molecular flexibility index (Phi) is 3.77. The lowest BCUT2D eigenvalue weighted by Crippen LogP contribution is -2.14. The van der Waals surface area contributed by atoms with E-state index in [9.17, 15) is 4.79 Å². The maximum atomic E-state index is 11.0. The van der Waals surface area contributed by atoms with E-state index in [-0.39, 0.29) is 12.5 Å². The van der Waals surface area contributed by atoms with Crippen LogP contribution >= 0.6 is 11.3 Å². The summed E-state index contributed by atoms with van der Waals surface area (Å²) in [6.45, 7) is 1.91. The number of rotatable bonds is 5. The van der Waals surface area contributed by atoms with Crippen molar-refractivity contribution >= 4 is 17.3 Å². The van der Waals surface area contributed by atoms with Crippen molar-refractivity contribution in [2.24, 2.45) is 0 Å². The molecule has 2 aromatic rings. The van der Waals surface area contributed by atoms with Crippen molar-refractivity contribution in [3.63, 3.8) is 0 Å². The van der Waals surface area contributed by atoms with Gasteiger partial charge in [0, 0.05) is 0 Å². The summed E-state index contributed by atoms with van der Waals surface area (Å²) in [5.41, 5.74) is 0. The number of hydrogen-bond acceptors (Lipinski definition) is 6. The lowest BCUT2D eigenvalue weighted by Gasteiger charge is -2.00. The summed E-state index contributed by atoms with van der Waals surface area (Å²) in [5.74, 6) is 0.480. The average Bonchev–Trinajstić information content (AvgIpc) is 2.97. The number of hydrogen-bond donors (Lipinski definition) is 0. The average molecular weight is 253 g/mol. The Morgan fingerprint density at radius 2 is 2.47 bits per heavy atom. The van der Waals surface area contributed by atoms with Gasteiger partial charge in [0.25, 0.3) is 5.88 Å². The Morgan fingerprint density at radius 1 is 1.59 bits per heavy atom. The fourth-order valence-corrected chi connectivity index (χ4v) is 1.87. The van der Waals surface area contributed by atoms with Crippen LogP contribution in [-0.4, -0.2) is 24.3 Å². The van der Waals surface area contributed by atoms with E-state index < -0.39 is 5.97 Å². The molecule has 0 atom stereocenters. The Labute approximate surface area is 102 Å². The first kappa shape index (κ1) is 11.7. The second-order valence-corrected chi connectivity index (χ2v) is 4.05. The molecule has 17 heavy (non-hydrogen) atoms. The minimum absolute atomic E-state index is 0.162. The fourth-order valence-electron chi connectivity index (χ4n) is 1.20. The maximum Gasteiger partial charge on any atom is 0.344 e. The van der Waals surface area contributed by atoms with E-state index in [2.05, 4.69) is 5.16 Å². The van der Waals surface area contributed by atoms with Gasteiger partial charge >= 0.3 is 5.97 Å². The van der Waals surface area contributed by atoms with Crippen LogP contribution < -0.4 is 4.74 Å². The lowest BCUT2D eigenvalue weighted by atomic mass is 10.4. The van der Waals surface area contributed by atoms with Crippen LogP contribution in [0.1, 0.15) is 6.92 Å². The highest BCUT2D eigenvalue weighted by Gasteiger charge is 2.10. The smallest absolute Gasteiger partial charge is 0.344 e. The summed E-state index contributed by atoms with van der Waals surface area (Å²) < 4.78 is 14.9. The predicted molar refractivity (Wildman–Crippen MR) is 61.9 cm³/mol. The summed E-state index contributed by atoms with van der Waals surface area (Å²) in [4.78, 5) is 12.0. The zero-order chi connectivity index (χ0) is 12.1. The van der Waals surface area contributed by atoms with Crippen molar-refractivity contribution in [3.8, 4) is 16.5 Å². The number of thiophene rings is 1. The minimum atomic E-state index is -0.423. The first-order chi connectivity index (χ1) is 8.29. The van der Waals surface area contributed by atoms with Gasteiger partial charge in [-0.2, -0.15) is 0 Å². The molecular formula is C11H11NO4S. The van der Waals surface area contributed by atoms with Crippen LogP contribution in [0.5, 0.6) is 5.88 Å². The normalized spacial score (nSPS) is 10.2. The molecule has 0 unspecified atom stereocenters. The van der Waals surface area contributed by atoms with Gasteiger partial charge in [-0.15, -0.1) is 11.3 Å². The van der Waals surface area contributed by atoms with Gasteiger partial charge in [-0.05, 0) is 23.5 Å². The van der Waals surface area contributed by atoms with Gasteiger partial charge in [0.05, 0.1) is 17.6 Å². The van der Waals surface area contributed by atoms with E-state index in [1.807, 2.05) is 17.5 Å². The molecule has 0 aliphatic rings. The molecule has 0 aliphatic heterocycles. The molecule has 0 saturated heterocycles. The minimum Gasteiger partial charge on any atom is -0.463 e. The van der Waals surface area contributed by atoms with E-state index >= 15 is 0 Å². The molecule has 2 aromatic heterocycles. The Hall–Kier alpha value is -1.82. The number of esters is 1. The molecule has 0 aliphatic carbocycles. The number of nitrogens with zero attached hydrogens (tertiary/aromatic N) is 1. The third-order valence-corrected chi connectivity index (χ3v) is 2.78.